The van der Waals surface area contributed by atoms with Crippen molar-refractivity contribution in [3.05, 3.63) is 81.4 Å². The molecule has 0 unspecified atom stereocenters. The number of aryl methyl sites for hydroxylation is 1. The molecule has 0 aliphatic rings. The molecule has 0 bridgehead atoms. The molecule has 0 saturated carbocycles. The van der Waals surface area contributed by atoms with E-state index in [0.717, 1.165) is 12.0 Å². The fourth-order valence-electron chi connectivity index (χ4n) is 2.30. The molecule has 5 nitrogen and oxygen atoms in total. The van der Waals surface area contributed by atoms with E-state index in [9.17, 15) is 14.9 Å². The number of hydrogen-bond acceptors (Lipinski definition) is 3. The Labute approximate surface area is 141 Å². The van der Waals surface area contributed by atoms with E-state index in [4.69, 9.17) is 0 Å². The second kappa shape index (κ2) is 8.06. The average Bonchev–Trinajstić information content (AvgIpc) is 2.60. The predicted molar refractivity (Wildman–Crippen MR) is 94.5 cm³/mol. The highest BCUT2D eigenvalue weighted by atomic mass is 16.6. The van der Waals surface area contributed by atoms with Crippen molar-refractivity contribution >= 4 is 17.7 Å². The Kier molecular flexibility index (Phi) is 5.84. The predicted octanol–water partition coefficient (Wildman–Crippen LogP) is 4.05. The van der Waals surface area contributed by atoms with Gasteiger partial charge in [0.2, 0.25) is 5.91 Å². The van der Waals surface area contributed by atoms with Gasteiger partial charge in [-0.3, -0.25) is 14.9 Å². The molecule has 0 spiro atoms. The first-order valence-electron chi connectivity index (χ1n) is 7.81. The van der Waals surface area contributed by atoms with Gasteiger partial charge in [-0.1, -0.05) is 43.3 Å². The van der Waals surface area contributed by atoms with Crippen LogP contribution in [0.25, 0.3) is 6.08 Å². The van der Waals surface area contributed by atoms with Gasteiger partial charge in [-0.05, 0) is 36.1 Å². The summed E-state index contributed by atoms with van der Waals surface area (Å²) in [6.07, 6.45) is 3.93. The van der Waals surface area contributed by atoms with Gasteiger partial charge in [-0.2, -0.15) is 0 Å². The van der Waals surface area contributed by atoms with Crippen molar-refractivity contribution in [3.8, 4) is 0 Å². The number of carbonyl (C=O) groups excluding carboxylic acids is 1. The lowest BCUT2D eigenvalue weighted by molar-refractivity contribution is -0.384. The van der Waals surface area contributed by atoms with Crippen molar-refractivity contribution in [1.82, 2.24) is 5.32 Å². The van der Waals surface area contributed by atoms with Gasteiger partial charge in [0.15, 0.2) is 0 Å². The van der Waals surface area contributed by atoms with Gasteiger partial charge >= 0.3 is 0 Å². The van der Waals surface area contributed by atoms with Crippen molar-refractivity contribution < 1.29 is 9.72 Å². The van der Waals surface area contributed by atoms with Gasteiger partial charge in [0.25, 0.3) is 5.69 Å². The van der Waals surface area contributed by atoms with E-state index in [0.29, 0.717) is 5.56 Å². The van der Waals surface area contributed by atoms with Crippen LogP contribution in [-0.2, 0) is 11.2 Å². The van der Waals surface area contributed by atoms with Crippen molar-refractivity contribution in [2.45, 2.75) is 26.3 Å². The lowest BCUT2D eigenvalue weighted by Crippen LogP contribution is -2.24. The van der Waals surface area contributed by atoms with Crippen LogP contribution in [-0.4, -0.2) is 10.8 Å². The first-order valence-corrected chi connectivity index (χ1v) is 7.81. The van der Waals surface area contributed by atoms with Crippen molar-refractivity contribution in [2.75, 3.05) is 0 Å². The maximum Gasteiger partial charge on any atom is 0.270 e. The van der Waals surface area contributed by atoms with E-state index < -0.39 is 4.92 Å². The van der Waals surface area contributed by atoms with Gasteiger partial charge in [0.05, 0.1) is 11.0 Å². The molecular weight excluding hydrogens is 304 g/mol. The van der Waals surface area contributed by atoms with Crippen LogP contribution in [0.5, 0.6) is 0 Å². The number of nitro benzene ring substituents is 1. The molecule has 1 atom stereocenters. The summed E-state index contributed by atoms with van der Waals surface area (Å²) in [5.41, 5.74) is 2.90. The molecular formula is C19H20N2O3. The molecule has 0 radical (unpaired) electrons. The summed E-state index contributed by atoms with van der Waals surface area (Å²) in [5.74, 6) is -0.242. The zero-order valence-electron chi connectivity index (χ0n) is 13.7. The quantitative estimate of drug-likeness (QED) is 0.495. The Morgan fingerprint density at radius 1 is 1.25 bits per heavy atom. The number of hydrogen-bond donors (Lipinski definition) is 1. The molecule has 124 valence electrons. The van der Waals surface area contributed by atoms with E-state index in [1.807, 2.05) is 19.1 Å². The fourth-order valence-corrected chi connectivity index (χ4v) is 2.30. The molecule has 24 heavy (non-hydrogen) atoms. The lowest BCUT2D eigenvalue weighted by Gasteiger charge is -2.13. The molecule has 2 aromatic carbocycles. The Bertz CT molecular complexity index is 751. The number of nitrogens with zero attached hydrogens (tertiary/aromatic N) is 1. The van der Waals surface area contributed by atoms with Crippen LogP contribution in [0, 0.1) is 10.1 Å². The molecule has 5 heteroatoms. The fraction of sp³-hybridized carbons (Fsp3) is 0.211. The molecule has 2 rings (SSSR count). The van der Waals surface area contributed by atoms with E-state index >= 15 is 0 Å². The summed E-state index contributed by atoms with van der Waals surface area (Å²) in [4.78, 5) is 22.3. The van der Waals surface area contributed by atoms with Crippen LogP contribution >= 0.6 is 0 Å². The minimum Gasteiger partial charge on any atom is -0.346 e. The lowest BCUT2D eigenvalue weighted by atomic mass is 10.0. The van der Waals surface area contributed by atoms with Crippen LogP contribution in [0.1, 0.15) is 36.6 Å². The minimum atomic E-state index is -0.459. The summed E-state index contributed by atoms with van der Waals surface area (Å²) in [5, 5.41) is 13.6. The van der Waals surface area contributed by atoms with Crippen molar-refractivity contribution in [2.24, 2.45) is 0 Å². The van der Waals surface area contributed by atoms with Crippen LogP contribution in [0.3, 0.4) is 0 Å². The summed E-state index contributed by atoms with van der Waals surface area (Å²) in [7, 11) is 0. The third kappa shape index (κ3) is 4.78. The van der Waals surface area contributed by atoms with E-state index in [2.05, 4.69) is 24.4 Å². The number of rotatable bonds is 6. The highest BCUT2D eigenvalue weighted by Gasteiger charge is 2.08. The van der Waals surface area contributed by atoms with Gasteiger partial charge in [-0.25, -0.2) is 0 Å². The SMILES string of the molecule is CCc1ccc([C@@H](C)NC(=O)/C=C/c2cccc([N+](=O)[O-])c2)cc1. The number of amides is 1. The highest BCUT2D eigenvalue weighted by molar-refractivity contribution is 5.92. The Morgan fingerprint density at radius 3 is 2.58 bits per heavy atom. The van der Waals surface area contributed by atoms with Gasteiger partial charge in [0.1, 0.15) is 0 Å². The Hall–Kier alpha value is -2.95. The number of nitro groups is 1. The molecule has 2 aromatic rings. The summed E-state index contributed by atoms with van der Waals surface area (Å²) in [6, 6.07) is 14.2. The zero-order valence-corrected chi connectivity index (χ0v) is 13.7. The van der Waals surface area contributed by atoms with E-state index in [1.165, 1.54) is 23.8 Å². The largest absolute Gasteiger partial charge is 0.346 e. The Morgan fingerprint density at radius 2 is 1.96 bits per heavy atom. The number of nitrogens with one attached hydrogen (secondary N) is 1. The standard InChI is InChI=1S/C19H20N2O3/c1-3-15-7-10-17(11-8-15)14(2)20-19(22)12-9-16-5-4-6-18(13-16)21(23)24/h4-14H,3H2,1-2H3,(H,20,22)/b12-9+/t14-/m1/s1. The topological polar surface area (TPSA) is 72.2 Å². The third-order valence-electron chi connectivity index (χ3n) is 3.75. The summed E-state index contributed by atoms with van der Waals surface area (Å²) < 4.78 is 0. The van der Waals surface area contributed by atoms with Crippen LogP contribution in [0.15, 0.2) is 54.6 Å². The maximum atomic E-state index is 12.0. The molecule has 0 saturated heterocycles. The van der Waals surface area contributed by atoms with E-state index in [1.54, 1.807) is 18.2 Å². The molecule has 1 amide bonds. The number of carbonyl (C=O) groups is 1. The molecule has 0 heterocycles. The first kappa shape index (κ1) is 17.4. The molecule has 1 N–H and O–H groups in total. The molecule has 0 aromatic heterocycles. The van der Waals surface area contributed by atoms with Gasteiger partial charge in [-0.15, -0.1) is 0 Å². The van der Waals surface area contributed by atoms with E-state index in [-0.39, 0.29) is 17.6 Å². The van der Waals surface area contributed by atoms with Crippen LogP contribution in [0.4, 0.5) is 5.69 Å². The average molecular weight is 324 g/mol. The summed E-state index contributed by atoms with van der Waals surface area (Å²) >= 11 is 0. The second-order valence-electron chi connectivity index (χ2n) is 5.51. The molecule has 0 aliphatic carbocycles. The monoisotopic (exact) mass is 324 g/mol. The van der Waals surface area contributed by atoms with Crippen LogP contribution < -0.4 is 5.32 Å². The van der Waals surface area contributed by atoms with Gasteiger partial charge in [0, 0.05) is 18.2 Å². The van der Waals surface area contributed by atoms with Crippen molar-refractivity contribution in [1.29, 1.82) is 0 Å². The normalized spacial score (nSPS) is 12.1. The molecule has 0 fully saturated rings. The smallest absolute Gasteiger partial charge is 0.270 e. The molecule has 0 aliphatic heterocycles. The minimum absolute atomic E-state index is 0.00180. The van der Waals surface area contributed by atoms with Gasteiger partial charge < -0.3 is 5.32 Å². The highest BCUT2D eigenvalue weighted by Crippen LogP contribution is 2.15. The number of non-ortho nitro benzene ring substituents is 1. The summed E-state index contributed by atoms with van der Waals surface area (Å²) in [6.45, 7) is 4.01. The Balaban J connectivity index is 1.98. The first-order chi connectivity index (χ1) is 11.5. The van der Waals surface area contributed by atoms with Crippen molar-refractivity contribution in [3.63, 3.8) is 0 Å². The number of benzene rings is 2. The third-order valence-corrected chi connectivity index (χ3v) is 3.75. The van der Waals surface area contributed by atoms with Crippen LogP contribution in [0.2, 0.25) is 0 Å². The maximum absolute atomic E-state index is 12.0. The zero-order chi connectivity index (χ0) is 17.5. The second-order valence-corrected chi connectivity index (χ2v) is 5.51.